The summed E-state index contributed by atoms with van der Waals surface area (Å²) in [5.74, 6) is -1.13. The van der Waals surface area contributed by atoms with Crippen LogP contribution >= 0.6 is 0 Å². The molecule has 0 aromatic heterocycles. The van der Waals surface area contributed by atoms with Crippen molar-refractivity contribution in [2.24, 2.45) is 11.7 Å². The van der Waals surface area contributed by atoms with Crippen molar-refractivity contribution in [3.05, 3.63) is 12.2 Å². The second kappa shape index (κ2) is 2.19. The molecule has 0 aliphatic heterocycles. The molecule has 50 valence electrons. The van der Waals surface area contributed by atoms with Gasteiger partial charge in [0.1, 0.15) is 0 Å². The molecule has 2 atom stereocenters. The maximum atomic E-state index is 10.2. The maximum Gasteiger partial charge on any atom is 0.310 e. The Kier molecular flexibility index (Phi) is 1.53. The minimum Gasteiger partial charge on any atom is -0.481 e. The lowest BCUT2D eigenvalue weighted by Crippen LogP contribution is -2.18. The molecule has 0 aromatic carbocycles. The Morgan fingerprint density at radius 3 is 2.56 bits per heavy atom. The highest BCUT2D eigenvalue weighted by atomic mass is 16.4. The number of rotatable bonds is 1. The topological polar surface area (TPSA) is 63.3 Å². The van der Waals surface area contributed by atoms with Crippen LogP contribution in [-0.2, 0) is 4.79 Å². The van der Waals surface area contributed by atoms with E-state index >= 15 is 0 Å². The van der Waals surface area contributed by atoms with E-state index in [1.807, 2.05) is 0 Å². The second-order valence-corrected chi connectivity index (χ2v) is 2.23. The summed E-state index contributed by atoms with van der Waals surface area (Å²) in [4.78, 5) is 10.2. The van der Waals surface area contributed by atoms with Gasteiger partial charge < -0.3 is 10.8 Å². The third kappa shape index (κ3) is 1.29. The molecule has 0 spiro atoms. The molecular weight excluding hydrogens is 118 g/mol. The molecule has 3 nitrogen and oxygen atoms in total. The molecule has 3 heteroatoms. The van der Waals surface area contributed by atoms with Crippen molar-refractivity contribution in [1.82, 2.24) is 0 Å². The summed E-state index contributed by atoms with van der Waals surface area (Å²) < 4.78 is 0. The predicted octanol–water partition coefficient (Wildman–Crippen LogP) is -0.0256. The summed E-state index contributed by atoms with van der Waals surface area (Å²) in [7, 11) is 0. The second-order valence-electron chi connectivity index (χ2n) is 2.23. The van der Waals surface area contributed by atoms with Crippen molar-refractivity contribution in [3.63, 3.8) is 0 Å². The lowest BCUT2D eigenvalue weighted by Gasteiger charge is -2.00. The van der Waals surface area contributed by atoms with Crippen LogP contribution in [0.25, 0.3) is 0 Å². The number of nitrogens with two attached hydrogens (primary N) is 1. The van der Waals surface area contributed by atoms with E-state index in [1.165, 1.54) is 0 Å². The summed E-state index contributed by atoms with van der Waals surface area (Å²) in [6.07, 6.45) is 3.93. The molecule has 1 aliphatic rings. The van der Waals surface area contributed by atoms with Gasteiger partial charge in [-0.05, 0) is 6.42 Å². The molecule has 0 fully saturated rings. The molecule has 0 saturated carbocycles. The van der Waals surface area contributed by atoms with Gasteiger partial charge >= 0.3 is 5.97 Å². The fourth-order valence-corrected chi connectivity index (χ4v) is 0.910. The van der Waals surface area contributed by atoms with Crippen LogP contribution in [0.15, 0.2) is 12.2 Å². The first kappa shape index (κ1) is 6.29. The van der Waals surface area contributed by atoms with Crippen LogP contribution < -0.4 is 5.73 Å². The van der Waals surface area contributed by atoms with Crippen LogP contribution in [0.3, 0.4) is 0 Å². The number of aliphatic carboxylic acids is 1. The monoisotopic (exact) mass is 127 g/mol. The first-order valence-electron chi connectivity index (χ1n) is 2.87. The Balaban J connectivity index is 2.50. The SMILES string of the molecule is N[C@H]1C=C[C@H](C(=O)O)C1. The van der Waals surface area contributed by atoms with E-state index in [1.54, 1.807) is 12.2 Å². The Morgan fingerprint density at radius 2 is 2.33 bits per heavy atom. The van der Waals surface area contributed by atoms with E-state index in [0.29, 0.717) is 6.42 Å². The lowest BCUT2D eigenvalue weighted by molar-refractivity contribution is -0.140. The quantitative estimate of drug-likeness (QED) is 0.486. The van der Waals surface area contributed by atoms with Crippen molar-refractivity contribution in [1.29, 1.82) is 0 Å². The van der Waals surface area contributed by atoms with Crippen molar-refractivity contribution < 1.29 is 9.90 Å². The van der Waals surface area contributed by atoms with Gasteiger partial charge in [-0.2, -0.15) is 0 Å². The molecule has 0 aromatic rings. The first-order valence-corrected chi connectivity index (χ1v) is 2.87. The minimum atomic E-state index is -0.779. The van der Waals surface area contributed by atoms with Crippen molar-refractivity contribution in [3.8, 4) is 0 Å². The van der Waals surface area contributed by atoms with E-state index in [4.69, 9.17) is 10.8 Å². The normalized spacial score (nSPS) is 33.0. The first-order chi connectivity index (χ1) is 4.20. The molecule has 0 heterocycles. The van der Waals surface area contributed by atoms with Gasteiger partial charge in [0, 0.05) is 6.04 Å². The minimum absolute atomic E-state index is 0.0499. The molecule has 3 N–H and O–H groups in total. The van der Waals surface area contributed by atoms with Gasteiger partial charge in [-0.3, -0.25) is 4.79 Å². The van der Waals surface area contributed by atoms with Gasteiger partial charge in [0.25, 0.3) is 0 Å². The predicted molar refractivity (Wildman–Crippen MR) is 32.9 cm³/mol. The van der Waals surface area contributed by atoms with Gasteiger partial charge in [-0.25, -0.2) is 0 Å². The molecule has 0 saturated heterocycles. The Bertz CT molecular complexity index is 153. The number of carboxylic acids is 1. The summed E-state index contributed by atoms with van der Waals surface area (Å²) >= 11 is 0. The zero-order valence-corrected chi connectivity index (χ0v) is 4.95. The fraction of sp³-hybridized carbons (Fsp3) is 0.500. The highest BCUT2D eigenvalue weighted by Crippen LogP contribution is 2.15. The molecule has 0 radical (unpaired) electrons. The van der Waals surface area contributed by atoms with E-state index in [0.717, 1.165) is 0 Å². The van der Waals surface area contributed by atoms with Crippen LogP contribution in [0.1, 0.15) is 6.42 Å². The average molecular weight is 127 g/mol. The van der Waals surface area contributed by atoms with E-state index < -0.39 is 5.97 Å². The lowest BCUT2D eigenvalue weighted by atomic mass is 10.1. The molecule has 0 bridgehead atoms. The molecule has 9 heavy (non-hydrogen) atoms. The molecular formula is C6H9NO2. The van der Waals surface area contributed by atoms with Gasteiger partial charge in [-0.1, -0.05) is 12.2 Å². The number of carboxylic acid groups (broad SMARTS) is 1. The standard InChI is InChI=1S/C6H9NO2/c7-5-2-1-4(3-5)6(8)9/h1-2,4-5H,3,7H2,(H,8,9)/t4-,5-/m0/s1. The maximum absolute atomic E-state index is 10.2. The van der Waals surface area contributed by atoms with Crippen molar-refractivity contribution in [2.75, 3.05) is 0 Å². The van der Waals surface area contributed by atoms with E-state index in [-0.39, 0.29) is 12.0 Å². The fourth-order valence-electron chi connectivity index (χ4n) is 0.910. The highest BCUT2D eigenvalue weighted by Gasteiger charge is 2.21. The van der Waals surface area contributed by atoms with Gasteiger partial charge in [-0.15, -0.1) is 0 Å². The van der Waals surface area contributed by atoms with Gasteiger partial charge in [0.15, 0.2) is 0 Å². The summed E-state index contributed by atoms with van der Waals surface area (Å²) in [6, 6.07) is -0.0499. The zero-order valence-electron chi connectivity index (χ0n) is 4.95. The van der Waals surface area contributed by atoms with Crippen molar-refractivity contribution >= 4 is 5.97 Å². The molecule has 0 amide bonds. The number of hydrogen-bond donors (Lipinski definition) is 2. The molecule has 1 aliphatic carbocycles. The Hall–Kier alpha value is -0.830. The number of hydrogen-bond acceptors (Lipinski definition) is 2. The third-order valence-corrected chi connectivity index (χ3v) is 1.43. The van der Waals surface area contributed by atoms with E-state index in [2.05, 4.69) is 0 Å². The summed E-state index contributed by atoms with van der Waals surface area (Å²) in [6.45, 7) is 0. The van der Waals surface area contributed by atoms with Crippen LogP contribution in [0.4, 0.5) is 0 Å². The number of carbonyl (C=O) groups is 1. The average Bonchev–Trinajstić information content (AvgIpc) is 2.14. The van der Waals surface area contributed by atoms with E-state index in [9.17, 15) is 4.79 Å². The van der Waals surface area contributed by atoms with Crippen LogP contribution in [0, 0.1) is 5.92 Å². The van der Waals surface area contributed by atoms with Gasteiger partial charge in [0.2, 0.25) is 0 Å². The van der Waals surface area contributed by atoms with Crippen LogP contribution in [0.2, 0.25) is 0 Å². The largest absolute Gasteiger partial charge is 0.481 e. The van der Waals surface area contributed by atoms with Crippen molar-refractivity contribution in [2.45, 2.75) is 12.5 Å². The van der Waals surface area contributed by atoms with Crippen LogP contribution in [-0.4, -0.2) is 17.1 Å². The summed E-state index contributed by atoms with van der Waals surface area (Å²) in [5.41, 5.74) is 5.41. The third-order valence-electron chi connectivity index (χ3n) is 1.43. The van der Waals surface area contributed by atoms with Gasteiger partial charge in [0.05, 0.1) is 5.92 Å². The molecule has 1 rings (SSSR count). The zero-order chi connectivity index (χ0) is 6.85. The molecule has 0 unspecified atom stereocenters. The van der Waals surface area contributed by atoms with Crippen LogP contribution in [0.5, 0.6) is 0 Å². The highest BCUT2D eigenvalue weighted by molar-refractivity contribution is 5.72. The Labute approximate surface area is 53.2 Å². The Morgan fingerprint density at radius 1 is 1.67 bits per heavy atom. The smallest absolute Gasteiger partial charge is 0.310 e. The summed E-state index contributed by atoms with van der Waals surface area (Å²) in [5, 5.41) is 8.42.